The smallest absolute Gasteiger partial charge is 0.331 e. The number of amides is 1. The minimum absolute atomic E-state index is 0.0954. The van der Waals surface area contributed by atoms with Gasteiger partial charge in [-0.05, 0) is 48.3 Å². The van der Waals surface area contributed by atoms with Gasteiger partial charge in [-0.15, -0.1) is 0 Å². The molecule has 2 heterocycles. The van der Waals surface area contributed by atoms with Crippen LogP contribution in [0.25, 0.3) is 17.0 Å². The summed E-state index contributed by atoms with van der Waals surface area (Å²) in [5.41, 5.74) is 1.97. The van der Waals surface area contributed by atoms with Crippen LogP contribution in [0.2, 0.25) is 0 Å². The van der Waals surface area contributed by atoms with Gasteiger partial charge in [0.1, 0.15) is 0 Å². The Kier molecular flexibility index (Phi) is 4.93. The molecule has 1 aromatic carbocycles. The van der Waals surface area contributed by atoms with E-state index in [0.717, 1.165) is 36.7 Å². The van der Waals surface area contributed by atoms with Crippen LogP contribution in [-0.2, 0) is 14.3 Å². The molecule has 1 aliphatic heterocycles. The summed E-state index contributed by atoms with van der Waals surface area (Å²) in [4.78, 5) is 31.2. The number of ether oxygens (including phenoxy) is 1. The molecule has 2 aliphatic rings. The molecule has 4 rings (SSSR count). The van der Waals surface area contributed by atoms with Crippen molar-refractivity contribution in [1.29, 1.82) is 0 Å². The van der Waals surface area contributed by atoms with Crippen LogP contribution < -0.4 is 0 Å². The molecule has 0 spiro atoms. The maximum Gasteiger partial charge on any atom is 0.331 e. The second kappa shape index (κ2) is 7.29. The van der Waals surface area contributed by atoms with E-state index in [1.165, 1.54) is 6.08 Å². The fourth-order valence-corrected chi connectivity index (χ4v) is 5.34. The second-order valence-corrected chi connectivity index (χ2v) is 9.61. The maximum absolute atomic E-state index is 12.7. The second-order valence-electron chi connectivity index (χ2n) is 9.61. The number of nitrogens with zero attached hydrogens (tertiary/aromatic N) is 2. The van der Waals surface area contributed by atoms with Crippen LogP contribution in [0.3, 0.4) is 0 Å². The number of likely N-dealkylation sites (tertiary alicyclic amines) is 1. The van der Waals surface area contributed by atoms with E-state index in [1.807, 2.05) is 41.3 Å². The van der Waals surface area contributed by atoms with Crippen molar-refractivity contribution in [1.82, 2.24) is 9.88 Å². The fourth-order valence-electron chi connectivity index (χ4n) is 5.34. The van der Waals surface area contributed by atoms with Gasteiger partial charge in [0.15, 0.2) is 6.61 Å². The Morgan fingerprint density at radius 1 is 1.17 bits per heavy atom. The SMILES string of the molecule is CC1(C)C[C@H]2C[C@](C)(CN2C(=O)COC(=O)/C=C/c2ccc3ccccc3n2)C1. The van der Waals surface area contributed by atoms with Gasteiger partial charge in [0.05, 0.1) is 11.2 Å². The number of pyridine rings is 1. The van der Waals surface area contributed by atoms with Gasteiger partial charge in [-0.2, -0.15) is 0 Å². The molecule has 0 radical (unpaired) electrons. The van der Waals surface area contributed by atoms with Crippen LogP contribution in [-0.4, -0.2) is 41.0 Å². The van der Waals surface area contributed by atoms with Gasteiger partial charge >= 0.3 is 5.97 Å². The van der Waals surface area contributed by atoms with Gasteiger partial charge in [0.25, 0.3) is 5.91 Å². The minimum atomic E-state index is -0.526. The van der Waals surface area contributed by atoms with Crippen LogP contribution in [0.5, 0.6) is 0 Å². The normalized spacial score (nSPS) is 25.5. The molecule has 152 valence electrons. The molecule has 1 aliphatic carbocycles. The van der Waals surface area contributed by atoms with Gasteiger partial charge in [-0.25, -0.2) is 9.78 Å². The van der Waals surface area contributed by atoms with Crippen LogP contribution in [0.1, 0.15) is 45.7 Å². The standard InChI is InChI=1S/C24H28N2O3/c1-23(2)12-19-13-24(3,15-23)16-26(19)21(27)14-29-22(28)11-10-18-9-8-17-6-4-5-7-20(17)25-18/h4-11,19H,12-16H2,1-3H3/b11-10+/t19-,24-/m0/s1. The summed E-state index contributed by atoms with van der Waals surface area (Å²) in [6.07, 6.45) is 6.13. The van der Waals surface area contributed by atoms with Gasteiger partial charge < -0.3 is 9.64 Å². The summed E-state index contributed by atoms with van der Waals surface area (Å²) in [6.45, 7) is 7.36. The van der Waals surface area contributed by atoms with E-state index in [1.54, 1.807) is 6.08 Å². The molecule has 2 fully saturated rings. The number of fused-ring (bicyclic) bond motifs is 3. The number of carbonyl (C=O) groups is 2. The molecule has 0 N–H and O–H groups in total. The lowest BCUT2D eigenvalue weighted by atomic mass is 9.65. The molecule has 1 amide bonds. The van der Waals surface area contributed by atoms with Gasteiger partial charge in [-0.1, -0.05) is 45.0 Å². The van der Waals surface area contributed by atoms with E-state index in [-0.39, 0.29) is 29.4 Å². The first-order valence-corrected chi connectivity index (χ1v) is 10.2. The van der Waals surface area contributed by atoms with Crippen LogP contribution in [0.4, 0.5) is 0 Å². The highest BCUT2D eigenvalue weighted by Gasteiger charge is 2.50. The van der Waals surface area contributed by atoms with E-state index in [9.17, 15) is 9.59 Å². The van der Waals surface area contributed by atoms with Crippen molar-refractivity contribution >= 4 is 28.9 Å². The third-order valence-electron chi connectivity index (χ3n) is 6.08. The Balaban J connectivity index is 1.33. The lowest BCUT2D eigenvalue weighted by molar-refractivity contribution is -0.148. The summed E-state index contributed by atoms with van der Waals surface area (Å²) in [6, 6.07) is 11.9. The Hall–Kier alpha value is -2.69. The minimum Gasteiger partial charge on any atom is -0.452 e. The van der Waals surface area contributed by atoms with Gasteiger partial charge in [0, 0.05) is 24.0 Å². The lowest BCUT2D eigenvalue weighted by Gasteiger charge is -2.39. The first-order chi connectivity index (χ1) is 13.7. The van der Waals surface area contributed by atoms with Crippen molar-refractivity contribution in [2.75, 3.05) is 13.2 Å². The lowest BCUT2D eigenvalue weighted by Crippen LogP contribution is -2.39. The highest BCUT2D eigenvalue weighted by molar-refractivity contribution is 5.89. The third-order valence-corrected chi connectivity index (χ3v) is 6.08. The summed E-state index contributed by atoms with van der Waals surface area (Å²) in [5.74, 6) is -0.621. The van der Waals surface area contributed by atoms with Crippen LogP contribution in [0, 0.1) is 10.8 Å². The number of hydrogen-bond acceptors (Lipinski definition) is 4. The molecule has 5 heteroatoms. The van der Waals surface area contributed by atoms with Crippen molar-refractivity contribution in [2.45, 2.75) is 46.1 Å². The molecule has 2 aromatic rings. The summed E-state index contributed by atoms with van der Waals surface area (Å²) in [7, 11) is 0. The molecule has 2 bridgehead atoms. The number of esters is 1. The summed E-state index contributed by atoms with van der Waals surface area (Å²) < 4.78 is 5.21. The highest BCUT2D eigenvalue weighted by Crippen LogP contribution is 2.52. The number of carbonyl (C=O) groups excluding carboxylic acids is 2. The van der Waals surface area contributed by atoms with E-state index in [4.69, 9.17) is 4.74 Å². The maximum atomic E-state index is 12.7. The molecule has 1 saturated heterocycles. The Bertz CT molecular complexity index is 981. The van der Waals surface area contributed by atoms with Gasteiger partial charge in [-0.3, -0.25) is 4.79 Å². The Morgan fingerprint density at radius 2 is 1.97 bits per heavy atom. The predicted octanol–water partition coefficient (Wildman–Crippen LogP) is 4.22. The highest BCUT2D eigenvalue weighted by atomic mass is 16.5. The topological polar surface area (TPSA) is 59.5 Å². The molecule has 29 heavy (non-hydrogen) atoms. The van der Waals surface area contributed by atoms with E-state index in [0.29, 0.717) is 5.69 Å². The fraction of sp³-hybridized carbons (Fsp3) is 0.458. The molecule has 2 atom stereocenters. The number of benzene rings is 1. The summed E-state index contributed by atoms with van der Waals surface area (Å²) >= 11 is 0. The van der Waals surface area contributed by atoms with Crippen molar-refractivity contribution in [3.05, 3.63) is 48.2 Å². The van der Waals surface area contributed by atoms with Crippen molar-refractivity contribution in [2.24, 2.45) is 10.8 Å². The predicted molar refractivity (Wildman–Crippen MR) is 113 cm³/mol. The zero-order valence-corrected chi connectivity index (χ0v) is 17.4. The van der Waals surface area contributed by atoms with Gasteiger partial charge in [0.2, 0.25) is 0 Å². The largest absolute Gasteiger partial charge is 0.452 e. The van der Waals surface area contributed by atoms with E-state index in [2.05, 4.69) is 25.8 Å². The zero-order valence-electron chi connectivity index (χ0n) is 17.4. The molecule has 0 unspecified atom stereocenters. The zero-order chi connectivity index (χ0) is 20.6. The summed E-state index contributed by atoms with van der Waals surface area (Å²) in [5, 5.41) is 1.05. The average molecular weight is 392 g/mol. The number of aromatic nitrogens is 1. The number of para-hydroxylation sites is 1. The number of hydrogen-bond donors (Lipinski definition) is 0. The van der Waals surface area contributed by atoms with Crippen molar-refractivity contribution in [3.8, 4) is 0 Å². The van der Waals surface area contributed by atoms with Crippen LogP contribution >= 0.6 is 0 Å². The molecular formula is C24H28N2O3. The van der Waals surface area contributed by atoms with Crippen LogP contribution in [0.15, 0.2) is 42.5 Å². The van der Waals surface area contributed by atoms with Crippen molar-refractivity contribution < 1.29 is 14.3 Å². The first-order valence-electron chi connectivity index (χ1n) is 10.2. The number of rotatable bonds is 4. The molecule has 1 aromatic heterocycles. The van der Waals surface area contributed by atoms with Crippen molar-refractivity contribution in [3.63, 3.8) is 0 Å². The average Bonchev–Trinajstić information content (AvgIpc) is 2.93. The Labute approximate surface area is 171 Å². The molecule has 5 nitrogen and oxygen atoms in total. The quantitative estimate of drug-likeness (QED) is 0.577. The van der Waals surface area contributed by atoms with E-state index < -0.39 is 5.97 Å². The molecule has 1 saturated carbocycles. The Morgan fingerprint density at radius 3 is 2.79 bits per heavy atom. The van der Waals surface area contributed by atoms with E-state index >= 15 is 0 Å². The first kappa shape index (κ1) is 19.6. The third kappa shape index (κ3) is 4.34. The monoisotopic (exact) mass is 392 g/mol. The molecular weight excluding hydrogens is 364 g/mol.